The molecule has 0 saturated heterocycles. The van der Waals surface area contributed by atoms with Crippen molar-refractivity contribution in [3.05, 3.63) is 146 Å². The minimum atomic E-state index is -4.24. The molecule has 56 heavy (non-hydrogen) atoms. The normalized spacial score (nSPS) is 12.2. The molecule has 6 aromatic rings. The van der Waals surface area contributed by atoms with E-state index in [9.17, 15) is 22.4 Å². The van der Waals surface area contributed by atoms with Crippen molar-refractivity contribution in [1.29, 1.82) is 0 Å². The van der Waals surface area contributed by atoms with Crippen molar-refractivity contribution in [2.24, 2.45) is 7.05 Å². The Kier molecular flexibility index (Phi) is 12.4. The predicted octanol–water partition coefficient (Wildman–Crippen LogP) is 3.82. The fourth-order valence-electron chi connectivity index (χ4n) is 6.09. The number of fused-ring (bicyclic) bond motifs is 1. The first-order chi connectivity index (χ1) is 26.9. The molecule has 0 fully saturated rings. The molecular weight excluding hydrogens is 745 g/mol. The molecule has 14 nitrogen and oxygen atoms in total. The fraction of sp³-hybridized carbons (Fsp3) is 0.231. The van der Waals surface area contributed by atoms with Gasteiger partial charge < -0.3 is 10.1 Å². The summed E-state index contributed by atoms with van der Waals surface area (Å²) >= 11 is 0. The lowest BCUT2D eigenvalue weighted by Crippen LogP contribution is -2.48. The summed E-state index contributed by atoms with van der Waals surface area (Å²) in [6, 6.07) is 19.9. The van der Waals surface area contributed by atoms with E-state index in [1.165, 1.54) is 23.8 Å². The highest BCUT2D eigenvalue weighted by Gasteiger charge is 2.19. The monoisotopic (exact) mass is 785 g/mol. The second-order valence-electron chi connectivity index (χ2n) is 13.1. The van der Waals surface area contributed by atoms with Gasteiger partial charge in [-0.25, -0.2) is 47.4 Å². The summed E-state index contributed by atoms with van der Waals surface area (Å²) in [5, 5.41) is 3.51. The number of ether oxygens (including phenoxy) is 1. The van der Waals surface area contributed by atoms with E-state index < -0.39 is 38.6 Å². The first kappa shape index (κ1) is 40.0. The maximum atomic E-state index is 15.0. The minimum Gasteiger partial charge on any atom is -0.377 e. The van der Waals surface area contributed by atoms with Crippen molar-refractivity contribution in [1.82, 2.24) is 40.8 Å². The number of halogens is 2. The van der Waals surface area contributed by atoms with Crippen LogP contribution in [0.2, 0.25) is 0 Å². The number of methoxy groups -OCH3 is 1. The molecule has 0 radical (unpaired) electrons. The maximum Gasteiger partial charge on any atom is 0.335 e. The molecular formula is C39H41F2N9O5S. The van der Waals surface area contributed by atoms with Gasteiger partial charge in [-0.05, 0) is 79.5 Å². The number of anilines is 1. The molecule has 0 amide bonds. The van der Waals surface area contributed by atoms with Crippen molar-refractivity contribution < 1.29 is 21.9 Å². The molecule has 0 aliphatic carbocycles. The van der Waals surface area contributed by atoms with Crippen molar-refractivity contribution in [3.63, 3.8) is 0 Å². The van der Waals surface area contributed by atoms with E-state index in [2.05, 4.69) is 36.4 Å². The SMILES string of the molecule is CNCc1ccc2c(c1)c(=O)n(-c1ccc(C[C@H](C)NNNCc3cc(F)c(NS(=O)(=O)c4ccc(-c5cnc(COC)nc5)cc4)cc3F)cc1)c(=O)n2C. The summed E-state index contributed by atoms with van der Waals surface area (Å²) < 4.78 is 65.8. The van der Waals surface area contributed by atoms with Crippen LogP contribution in [0.25, 0.3) is 27.7 Å². The number of hydrazine groups is 2. The quantitative estimate of drug-likeness (QED) is 0.0714. The summed E-state index contributed by atoms with van der Waals surface area (Å²) in [7, 11) is 0.746. The van der Waals surface area contributed by atoms with Gasteiger partial charge in [-0.2, -0.15) is 5.53 Å². The average Bonchev–Trinajstić information content (AvgIpc) is 3.18. The number of aryl methyl sites for hydroxylation is 1. The summed E-state index contributed by atoms with van der Waals surface area (Å²) in [6.45, 7) is 2.61. The number of nitrogens with one attached hydrogen (secondary N) is 5. The Bertz CT molecular complexity index is 2570. The molecule has 2 heterocycles. The van der Waals surface area contributed by atoms with E-state index in [1.807, 2.05) is 32.2 Å². The van der Waals surface area contributed by atoms with Crippen LogP contribution in [0.3, 0.4) is 0 Å². The molecule has 0 spiro atoms. The van der Waals surface area contributed by atoms with Crippen LogP contribution in [0, 0.1) is 11.6 Å². The molecule has 0 unspecified atom stereocenters. The summed E-state index contributed by atoms with van der Waals surface area (Å²) in [6.07, 6.45) is 3.73. The lowest BCUT2D eigenvalue weighted by molar-refractivity contribution is 0.178. The third-order valence-electron chi connectivity index (χ3n) is 8.99. The van der Waals surface area contributed by atoms with E-state index in [-0.39, 0.29) is 29.7 Å². The topological polar surface area (TPSA) is 173 Å². The van der Waals surface area contributed by atoms with E-state index in [0.717, 1.165) is 27.8 Å². The first-order valence-electron chi connectivity index (χ1n) is 17.5. The second kappa shape index (κ2) is 17.4. The lowest BCUT2D eigenvalue weighted by atomic mass is 10.1. The highest BCUT2D eigenvalue weighted by molar-refractivity contribution is 7.92. The zero-order valence-corrected chi connectivity index (χ0v) is 31.9. The summed E-state index contributed by atoms with van der Waals surface area (Å²) in [4.78, 5) is 34.9. The van der Waals surface area contributed by atoms with Gasteiger partial charge in [-0.15, -0.1) is 0 Å². The summed E-state index contributed by atoms with van der Waals surface area (Å²) in [5.41, 5.74) is 11.3. The molecule has 4 aromatic carbocycles. The number of nitrogens with zero attached hydrogens (tertiary/aromatic N) is 4. The Balaban J connectivity index is 1.02. The van der Waals surface area contributed by atoms with Crippen LogP contribution in [0.1, 0.15) is 29.4 Å². The molecule has 292 valence electrons. The first-order valence-corrected chi connectivity index (χ1v) is 19.0. The van der Waals surface area contributed by atoms with Gasteiger partial charge in [-0.1, -0.05) is 30.3 Å². The molecule has 6 rings (SSSR count). The Labute approximate surface area is 321 Å². The van der Waals surface area contributed by atoms with Crippen molar-refractivity contribution in [3.8, 4) is 16.8 Å². The molecule has 0 aliphatic rings. The Morgan fingerprint density at radius 1 is 0.857 bits per heavy atom. The zero-order valence-electron chi connectivity index (χ0n) is 31.1. The Hall–Kier alpha value is -5.69. The van der Waals surface area contributed by atoms with Crippen molar-refractivity contribution in [2.75, 3.05) is 18.9 Å². The van der Waals surface area contributed by atoms with Crippen LogP contribution < -0.4 is 37.7 Å². The van der Waals surface area contributed by atoms with Crippen LogP contribution in [0.5, 0.6) is 0 Å². The fourth-order valence-corrected chi connectivity index (χ4v) is 7.15. The van der Waals surface area contributed by atoms with Gasteiger partial charge in [0.2, 0.25) is 0 Å². The number of sulfonamides is 1. The number of hydrogen-bond donors (Lipinski definition) is 5. The molecule has 2 aromatic heterocycles. The van der Waals surface area contributed by atoms with Crippen LogP contribution in [0.15, 0.2) is 106 Å². The Morgan fingerprint density at radius 2 is 1.55 bits per heavy atom. The third kappa shape index (κ3) is 9.05. The highest BCUT2D eigenvalue weighted by atomic mass is 32.2. The molecule has 0 saturated carbocycles. The van der Waals surface area contributed by atoms with Crippen molar-refractivity contribution in [2.45, 2.75) is 44.0 Å². The van der Waals surface area contributed by atoms with E-state index >= 15 is 4.39 Å². The van der Waals surface area contributed by atoms with Gasteiger partial charge in [-0.3, -0.25) is 14.1 Å². The third-order valence-corrected chi connectivity index (χ3v) is 10.4. The van der Waals surface area contributed by atoms with Gasteiger partial charge in [0.1, 0.15) is 18.2 Å². The standard InChI is InChI=1S/C39H41F2N9O5S/c1-24(15-25-5-10-30(11-6-25)50-38(51)32-16-26(19-42-2)7-14-36(32)49(3)39(50)52)46-48-45-22-28-17-34(41)35(18-33(28)40)47-56(53,54)31-12-8-27(9-13-31)29-20-43-37(23-55-4)44-21-29/h5-14,16-18,20-21,24,42,45-48H,15,19,22-23H2,1-4H3/t24-/m0/s1. The molecule has 17 heteroatoms. The molecule has 5 N–H and O–H groups in total. The van der Waals surface area contributed by atoms with E-state index in [0.29, 0.717) is 46.5 Å². The molecule has 1 atom stereocenters. The lowest BCUT2D eigenvalue weighted by Gasteiger charge is -2.17. The van der Waals surface area contributed by atoms with Gasteiger partial charge >= 0.3 is 5.69 Å². The number of hydrogen-bond acceptors (Lipinski definition) is 11. The maximum absolute atomic E-state index is 15.0. The predicted molar refractivity (Wildman–Crippen MR) is 209 cm³/mol. The van der Waals surface area contributed by atoms with Crippen LogP contribution in [0.4, 0.5) is 14.5 Å². The van der Waals surface area contributed by atoms with Crippen LogP contribution >= 0.6 is 0 Å². The second-order valence-corrected chi connectivity index (χ2v) is 14.8. The highest BCUT2D eigenvalue weighted by Crippen LogP contribution is 2.25. The van der Waals surface area contributed by atoms with Crippen LogP contribution in [-0.2, 0) is 47.9 Å². The number of aromatic nitrogens is 4. The van der Waals surface area contributed by atoms with Gasteiger partial charge in [0.25, 0.3) is 15.6 Å². The Morgan fingerprint density at radius 3 is 2.23 bits per heavy atom. The average molecular weight is 786 g/mol. The minimum absolute atomic E-state index is 0.0422. The zero-order chi connectivity index (χ0) is 40.0. The van der Waals surface area contributed by atoms with Gasteiger partial charge in [0.05, 0.1) is 27.2 Å². The summed E-state index contributed by atoms with van der Waals surface area (Å²) in [5.74, 6) is -1.27. The number of benzene rings is 4. The van der Waals surface area contributed by atoms with Gasteiger partial charge in [0, 0.05) is 62.9 Å². The van der Waals surface area contributed by atoms with Gasteiger partial charge in [0.15, 0.2) is 5.82 Å². The van der Waals surface area contributed by atoms with E-state index in [1.54, 1.807) is 55.8 Å². The van der Waals surface area contributed by atoms with Crippen molar-refractivity contribution >= 4 is 26.6 Å². The molecule has 0 bridgehead atoms. The van der Waals surface area contributed by atoms with E-state index in [4.69, 9.17) is 4.74 Å². The smallest absolute Gasteiger partial charge is 0.335 e. The largest absolute Gasteiger partial charge is 0.377 e. The number of rotatable bonds is 16. The molecule has 0 aliphatic heterocycles. The van der Waals surface area contributed by atoms with Crippen LogP contribution in [-0.4, -0.2) is 47.7 Å².